The first-order valence-electron chi connectivity index (χ1n) is 7.88. The van der Waals surface area contributed by atoms with Crippen LogP contribution in [-0.4, -0.2) is 46.8 Å². The lowest BCUT2D eigenvalue weighted by molar-refractivity contribution is -0.139. The predicted molar refractivity (Wildman–Crippen MR) is 80.6 cm³/mol. The van der Waals surface area contributed by atoms with E-state index >= 15 is 0 Å². The van der Waals surface area contributed by atoms with E-state index in [1.807, 2.05) is 16.7 Å². The Bertz CT molecular complexity index is 387. The highest BCUT2D eigenvalue weighted by molar-refractivity contribution is 7.99. The molecule has 3 aliphatic rings. The van der Waals surface area contributed by atoms with Crippen LogP contribution < -0.4 is 5.32 Å². The molecule has 2 saturated heterocycles. The number of rotatable bonds is 2. The second kappa shape index (κ2) is 5.96. The molecule has 2 amide bonds. The Balaban J connectivity index is 1.72. The minimum atomic E-state index is -0.559. The highest BCUT2D eigenvalue weighted by Crippen LogP contribution is 2.34. The number of nitrogens with one attached hydrogen (secondary N) is 1. The van der Waals surface area contributed by atoms with Crippen LogP contribution in [-0.2, 0) is 9.59 Å². The highest BCUT2D eigenvalue weighted by Gasteiger charge is 2.46. The van der Waals surface area contributed by atoms with Gasteiger partial charge in [0.05, 0.1) is 0 Å². The second-order valence-electron chi connectivity index (χ2n) is 6.39. The summed E-state index contributed by atoms with van der Waals surface area (Å²) in [5.74, 6) is 3.32. The van der Waals surface area contributed by atoms with Gasteiger partial charge in [0.2, 0.25) is 11.8 Å². The van der Waals surface area contributed by atoms with E-state index in [9.17, 15) is 9.59 Å². The minimum Gasteiger partial charge on any atom is -0.342 e. The molecular formula is C15H24N2O2S. The van der Waals surface area contributed by atoms with Gasteiger partial charge < -0.3 is 10.2 Å². The Morgan fingerprint density at radius 1 is 1.20 bits per heavy atom. The fourth-order valence-electron chi connectivity index (χ4n) is 3.76. The van der Waals surface area contributed by atoms with Crippen molar-refractivity contribution in [1.29, 1.82) is 0 Å². The van der Waals surface area contributed by atoms with E-state index in [1.165, 1.54) is 24.3 Å². The average molecular weight is 296 g/mol. The maximum Gasteiger partial charge on any atom is 0.248 e. The summed E-state index contributed by atoms with van der Waals surface area (Å²) in [5, 5.41) is 3.04. The fraction of sp³-hybridized carbons (Fsp3) is 0.867. The van der Waals surface area contributed by atoms with Crippen LogP contribution >= 0.6 is 11.8 Å². The van der Waals surface area contributed by atoms with Crippen LogP contribution in [0.15, 0.2) is 0 Å². The summed E-state index contributed by atoms with van der Waals surface area (Å²) in [6.45, 7) is 1.46. The van der Waals surface area contributed by atoms with Crippen LogP contribution in [0.1, 0.15) is 44.9 Å². The molecule has 0 atom stereocenters. The summed E-state index contributed by atoms with van der Waals surface area (Å²) in [6.07, 6.45) is 6.66. The molecule has 1 N–H and O–H groups in total. The zero-order chi connectivity index (χ0) is 14.0. The van der Waals surface area contributed by atoms with Crippen molar-refractivity contribution in [2.75, 3.05) is 24.6 Å². The molecule has 3 fully saturated rings. The minimum absolute atomic E-state index is 0.0574. The highest BCUT2D eigenvalue weighted by atomic mass is 32.2. The van der Waals surface area contributed by atoms with Gasteiger partial charge in [-0.15, -0.1) is 0 Å². The van der Waals surface area contributed by atoms with Crippen molar-refractivity contribution >= 4 is 23.6 Å². The normalized spacial score (nSPS) is 27.7. The summed E-state index contributed by atoms with van der Waals surface area (Å²) in [4.78, 5) is 26.8. The Hall–Kier alpha value is -0.710. The molecule has 0 aromatic carbocycles. The third-order valence-electron chi connectivity index (χ3n) is 4.96. The van der Waals surface area contributed by atoms with Crippen molar-refractivity contribution in [2.45, 2.75) is 50.5 Å². The van der Waals surface area contributed by atoms with Gasteiger partial charge in [-0.2, -0.15) is 11.8 Å². The van der Waals surface area contributed by atoms with Crippen molar-refractivity contribution in [3.05, 3.63) is 0 Å². The van der Waals surface area contributed by atoms with Crippen LogP contribution in [0.2, 0.25) is 0 Å². The SMILES string of the molecule is O=C1CCN(CC2CCSCC2)C(=O)C2(CCCC2)N1. The predicted octanol–water partition coefficient (Wildman–Crippen LogP) is 1.79. The number of nitrogens with zero attached hydrogens (tertiary/aromatic N) is 1. The Morgan fingerprint density at radius 3 is 2.60 bits per heavy atom. The summed E-state index contributed by atoms with van der Waals surface area (Å²) >= 11 is 2.01. The lowest BCUT2D eigenvalue weighted by Gasteiger charge is -2.34. The Morgan fingerprint density at radius 2 is 1.90 bits per heavy atom. The quantitative estimate of drug-likeness (QED) is 0.845. The maximum atomic E-state index is 12.9. The van der Waals surface area contributed by atoms with Gasteiger partial charge in [0.1, 0.15) is 5.54 Å². The van der Waals surface area contributed by atoms with E-state index in [4.69, 9.17) is 0 Å². The Labute approximate surface area is 125 Å². The molecule has 1 spiro atoms. The van der Waals surface area contributed by atoms with Crippen molar-refractivity contribution in [1.82, 2.24) is 10.2 Å². The number of hydrogen-bond donors (Lipinski definition) is 1. The zero-order valence-electron chi connectivity index (χ0n) is 12.0. The lowest BCUT2D eigenvalue weighted by atomic mass is 9.94. The number of carbonyl (C=O) groups excluding carboxylic acids is 2. The van der Waals surface area contributed by atoms with E-state index in [2.05, 4.69) is 5.32 Å². The van der Waals surface area contributed by atoms with E-state index in [0.717, 1.165) is 32.2 Å². The fourth-order valence-corrected chi connectivity index (χ4v) is 4.96. The second-order valence-corrected chi connectivity index (χ2v) is 7.62. The van der Waals surface area contributed by atoms with Gasteiger partial charge in [-0.05, 0) is 43.1 Å². The third-order valence-corrected chi connectivity index (χ3v) is 6.01. The van der Waals surface area contributed by atoms with Gasteiger partial charge in [-0.3, -0.25) is 9.59 Å². The smallest absolute Gasteiger partial charge is 0.248 e. The first-order valence-corrected chi connectivity index (χ1v) is 9.03. The summed E-state index contributed by atoms with van der Waals surface area (Å²) in [7, 11) is 0. The lowest BCUT2D eigenvalue weighted by Crippen LogP contribution is -2.56. The van der Waals surface area contributed by atoms with E-state index in [0.29, 0.717) is 18.9 Å². The van der Waals surface area contributed by atoms with Gasteiger partial charge in [-0.1, -0.05) is 12.8 Å². The van der Waals surface area contributed by atoms with Crippen LogP contribution in [0.5, 0.6) is 0 Å². The van der Waals surface area contributed by atoms with Crippen LogP contribution in [0.3, 0.4) is 0 Å². The summed E-state index contributed by atoms with van der Waals surface area (Å²) in [6, 6.07) is 0. The first-order chi connectivity index (χ1) is 9.70. The van der Waals surface area contributed by atoms with E-state index < -0.39 is 5.54 Å². The summed E-state index contributed by atoms with van der Waals surface area (Å²) in [5.41, 5.74) is -0.559. The van der Waals surface area contributed by atoms with Crippen LogP contribution in [0.4, 0.5) is 0 Å². The molecule has 0 aromatic rings. The van der Waals surface area contributed by atoms with E-state index in [-0.39, 0.29) is 11.8 Å². The number of thioether (sulfide) groups is 1. The number of amides is 2. The first kappa shape index (κ1) is 14.2. The monoisotopic (exact) mass is 296 g/mol. The molecule has 0 radical (unpaired) electrons. The Kier molecular flexibility index (Phi) is 4.24. The van der Waals surface area contributed by atoms with Crippen molar-refractivity contribution in [3.63, 3.8) is 0 Å². The average Bonchev–Trinajstić information content (AvgIpc) is 2.89. The van der Waals surface area contributed by atoms with Crippen molar-refractivity contribution in [3.8, 4) is 0 Å². The number of carbonyl (C=O) groups is 2. The van der Waals surface area contributed by atoms with Gasteiger partial charge in [-0.25, -0.2) is 0 Å². The molecule has 0 unspecified atom stereocenters. The number of hydrogen-bond acceptors (Lipinski definition) is 3. The largest absolute Gasteiger partial charge is 0.342 e. The van der Waals surface area contributed by atoms with Crippen LogP contribution in [0.25, 0.3) is 0 Å². The van der Waals surface area contributed by atoms with Gasteiger partial charge in [0, 0.05) is 19.5 Å². The molecule has 0 bridgehead atoms. The zero-order valence-corrected chi connectivity index (χ0v) is 12.8. The standard InChI is InChI=1S/C15H24N2O2S/c18-13-3-8-17(11-12-4-9-20-10-5-12)14(19)15(16-13)6-1-2-7-15/h12H,1-11H2,(H,16,18). The maximum absolute atomic E-state index is 12.9. The molecule has 20 heavy (non-hydrogen) atoms. The van der Waals surface area contributed by atoms with Crippen LogP contribution in [0, 0.1) is 5.92 Å². The van der Waals surface area contributed by atoms with E-state index in [1.54, 1.807) is 0 Å². The summed E-state index contributed by atoms with van der Waals surface area (Å²) < 4.78 is 0. The molecule has 5 heteroatoms. The molecule has 1 saturated carbocycles. The van der Waals surface area contributed by atoms with Crippen molar-refractivity contribution < 1.29 is 9.59 Å². The van der Waals surface area contributed by atoms with Crippen molar-refractivity contribution in [2.24, 2.45) is 5.92 Å². The molecule has 3 rings (SSSR count). The van der Waals surface area contributed by atoms with Gasteiger partial charge in [0.15, 0.2) is 0 Å². The molecule has 112 valence electrons. The van der Waals surface area contributed by atoms with Gasteiger partial charge >= 0.3 is 0 Å². The van der Waals surface area contributed by atoms with Gasteiger partial charge in [0.25, 0.3) is 0 Å². The molecular weight excluding hydrogens is 272 g/mol. The molecule has 1 aliphatic carbocycles. The molecule has 4 nitrogen and oxygen atoms in total. The molecule has 2 heterocycles. The molecule has 0 aromatic heterocycles. The molecule has 2 aliphatic heterocycles. The topological polar surface area (TPSA) is 49.4 Å². The third kappa shape index (κ3) is 2.83.